The van der Waals surface area contributed by atoms with Gasteiger partial charge in [-0.15, -0.1) is 0 Å². The average molecular weight is 412 g/mol. The minimum absolute atomic E-state index is 0.845. The van der Waals surface area contributed by atoms with E-state index in [2.05, 4.69) is 48.5 Å². The van der Waals surface area contributed by atoms with Gasteiger partial charge in [-0.3, -0.25) is 0 Å². The Morgan fingerprint density at radius 2 is 1.41 bits per heavy atom. The molecule has 0 saturated heterocycles. The van der Waals surface area contributed by atoms with Crippen LogP contribution in [0, 0.1) is 6.92 Å². The second-order valence-electron chi connectivity index (χ2n) is 7.84. The van der Waals surface area contributed by atoms with Crippen molar-refractivity contribution in [2.24, 2.45) is 0 Å². The number of aryl methyl sites for hydroxylation is 1. The van der Waals surface area contributed by atoms with E-state index in [0.29, 0.717) is 0 Å². The molecule has 0 spiro atoms. The summed E-state index contributed by atoms with van der Waals surface area (Å²) in [6.45, 7) is 2.03. The van der Waals surface area contributed by atoms with Gasteiger partial charge in [-0.1, -0.05) is 72.8 Å². The van der Waals surface area contributed by atoms with Crippen LogP contribution in [0.4, 0.5) is 0 Å². The summed E-state index contributed by atoms with van der Waals surface area (Å²) in [6.07, 6.45) is 0. The maximum atomic E-state index is 5.16. The van der Waals surface area contributed by atoms with Gasteiger partial charge in [0.2, 0.25) is 0 Å². The zero-order chi connectivity index (χ0) is 21.5. The third-order valence-electron chi connectivity index (χ3n) is 5.77. The van der Waals surface area contributed by atoms with Crippen molar-refractivity contribution >= 4 is 21.9 Å². The molecule has 152 valence electrons. The van der Waals surface area contributed by atoms with Gasteiger partial charge in [0.1, 0.15) is 0 Å². The molecule has 32 heavy (non-hydrogen) atoms. The van der Waals surface area contributed by atoms with Gasteiger partial charge in [0.25, 0.3) is 0 Å². The lowest BCUT2D eigenvalue weighted by Crippen LogP contribution is -1.99. The smallest absolute Gasteiger partial charge is 0.163 e. The Labute approximate surface area is 185 Å². The number of fused-ring (bicyclic) bond motifs is 2. The van der Waals surface area contributed by atoms with E-state index in [4.69, 9.17) is 15.1 Å². The monoisotopic (exact) mass is 412 g/mol. The topological polar surface area (TPSA) is 43.6 Å². The first kappa shape index (κ1) is 18.5. The van der Waals surface area contributed by atoms with Crippen LogP contribution in [0.25, 0.3) is 50.1 Å². The largest absolute Gasteiger partial charge is 0.248 e. The van der Waals surface area contributed by atoms with Crippen molar-refractivity contribution in [1.82, 2.24) is 19.7 Å². The van der Waals surface area contributed by atoms with Crippen molar-refractivity contribution in [3.8, 4) is 28.2 Å². The molecular weight excluding hydrogens is 392 g/mol. The highest BCUT2D eigenvalue weighted by atomic mass is 15.3. The van der Waals surface area contributed by atoms with Crippen LogP contribution in [0.5, 0.6) is 0 Å². The molecule has 0 amide bonds. The molecule has 0 aliphatic rings. The Bertz CT molecular complexity index is 1570. The molecule has 0 bridgehead atoms. The standard InChI is InChI=1S/C28H20N4/c1-19-23-18-24(26-17-16-20-10-8-9-15-25(20)29-26)27(21-11-4-2-5-12-21)30-28(23)32(31-19)22-13-6-3-7-14-22/h2-18H,1H3. The highest BCUT2D eigenvalue weighted by Crippen LogP contribution is 2.34. The van der Waals surface area contributed by atoms with Crippen LogP contribution in [-0.2, 0) is 0 Å². The molecule has 0 aliphatic heterocycles. The zero-order valence-corrected chi connectivity index (χ0v) is 17.6. The fourth-order valence-electron chi connectivity index (χ4n) is 4.16. The van der Waals surface area contributed by atoms with Crippen LogP contribution < -0.4 is 0 Å². The molecule has 3 heterocycles. The second kappa shape index (κ2) is 7.43. The molecule has 0 atom stereocenters. The Kier molecular flexibility index (Phi) is 4.29. The molecule has 3 aromatic carbocycles. The first-order valence-corrected chi connectivity index (χ1v) is 10.7. The van der Waals surface area contributed by atoms with Gasteiger partial charge in [0.05, 0.1) is 28.3 Å². The lowest BCUT2D eigenvalue weighted by Gasteiger charge is -2.11. The molecule has 6 aromatic rings. The lowest BCUT2D eigenvalue weighted by atomic mass is 10.0. The Hall–Kier alpha value is -4.31. The summed E-state index contributed by atoms with van der Waals surface area (Å²) in [4.78, 5) is 10.1. The third kappa shape index (κ3) is 3.05. The van der Waals surface area contributed by atoms with Crippen LogP contribution in [0.1, 0.15) is 5.69 Å². The summed E-state index contributed by atoms with van der Waals surface area (Å²) in [5.74, 6) is 0. The third-order valence-corrected chi connectivity index (χ3v) is 5.77. The molecule has 0 fully saturated rings. The van der Waals surface area contributed by atoms with Gasteiger partial charge in [-0.2, -0.15) is 5.10 Å². The fourth-order valence-corrected chi connectivity index (χ4v) is 4.16. The summed E-state index contributed by atoms with van der Waals surface area (Å²) in [5, 5.41) is 6.96. The Morgan fingerprint density at radius 3 is 2.22 bits per heavy atom. The minimum atomic E-state index is 0.845. The minimum Gasteiger partial charge on any atom is -0.248 e. The van der Waals surface area contributed by atoms with Crippen molar-refractivity contribution in [2.75, 3.05) is 0 Å². The van der Waals surface area contributed by atoms with Gasteiger partial charge in [-0.05, 0) is 37.3 Å². The van der Waals surface area contributed by atoms with Gasteiger partial charge in [0.15, 0.2) is 5.65 Å². The number of nitrogens with zero attached hydrogens (tertiary/aromatic N) is 4. The van der Waals surface area contributed by atoms with E-state index in [1.54, 1.807) is 0 Å². The van der Waals surface area contributed by atoms with E-state index < -0.39 is 0 Å². The summed E-state index contributed by atoms with van der Waals surface area (Å²) in [6, 6.07) is 35.0. The highest BCUT2D eigenvalue weighted by molar-refractivity contribution is 5.92. The molecule has 4 heteroatoms. The van der Waals surface area contributed by atoms with E-state index in [0.717, 1.165) is 55.8 Å². The molecule has 0 radical (unpaired) electrons. The second-order valence-corrected chi connectivity index (χ2v) is 7.84. The zero-order valence-electron chi connectivity index (χ0n) is 17.6. The quantitative estimate of drug-likeness (QED) is 0.328. The van der Waals surface area contributed by atoms with Gasteiger partial charge >= 0.3 is 0 Å². The maximum Gasteiger partial charge on any atom is 0.163 e. The predicted octanol–water partition coefficient (Wildman–Crippen LogP) is 6.61. The van der Waals surface area contributed by atoms with Crippen molar-refractivity contribution in [1.29, 1.82) is 0 Å². The Balaban J connectivity index is 1.66. The van der Waals surface area contributed by atoms with Crippen LogP contribution in [0.15, 0.2) is 103 Å². The van der Waals surface area contributed by atoms with Gasteiger partial charge < -0.3 is 0 Å². The summed E-state index contributed by atoms with van der Waals surface area (Å²) >= 11 is 0. The van der Waals surface area contributed by atoms with E-state index in [-0.39, 0.29) is 0 Å². The van der Waals surface area contributed by atoms with Crippen molar-refractivity contribution < 1.29 is 0 Å². The predicted molar refractivity (Wildman–Crippen MR) is 130 cm³/mol. The molecule has 0 aliphatic carbocycles. The van der Waals surface area contributed by atoms with Gasteiger partial charge in [0, 0.05) is 21.9 Å². The van der Waals surface area contributed by atoms with Crippen molar-refractivity contribution in [2.45, 2.75) is 6.92 Å². The normalized spacial score (nSPS) is 11.3. The Morgan fingerprint density at radius 1 is 0.688 bits per heavy atom. The number of para-hydroxylation sites is 2. The molecule has 6 rings (SSSR count). The van der Waals surface area contributed by atoms with E-state index in [9.17, 15) is 0 Å². The summed E-state index contributed by atoms with van der Waals surface area (Å²) < 4.78 is 1.93. The van der Waals surface area contributed by atoms with E-state index in [1.165, 1.54) is 0 Å². The maximum absolute atomic E-state index is 5.16. The van der Waals surface area contributed by atoms with E-state index in [1.807, 2.05) is 66.2 Å². The fraction of sp³-hybridized carbons (Fsp3) is 0.0357. The number of rotatable bonds is 3. The molecule has 0 saturated carbocycles. The van der Waals surface area contributed by atoms with Crippen LogP contribution in [0.2, 0.25) is 0 Å². The molecule has 0 N–H and O–H groups in total. The summed E-state index contributed by atoms with van der Waals surface area (Å²) in [7, 11) is 0. The molecule has 0 unspecified atom stereocenters. The number of pyridine rings is 2. The number of hydrogen-bond donors (Lipinski definition) is 0. The number of benzene rings is 3. The summed E-state index contributed by atoms with van der Waals surface area (Å²) in [5.41, 5.74) is 7.62. The van der Waals surface area contributed by atoms with Crippen LogP contribution >= 0.6 is 0 Å². The van der Waals surface area contributed by atoms with Crippen molar-refractivity contribution in [3.05, 3.63) is 109 Å². The number of hydrogen-bond acceptors (Lipinski definition) is 3. The number of aromatic nitrogens is 4. The first-order valence-electron chi connectivity index (χ1n) is 10.7. The van der Waals surface area contributed by atoms with Gasteiger partial charge in [-0.25, -0.2) is 14.6 Å². The highest BCUT2D eigenvalue weighted by Gasteiger charge is 2.18. The molecule has 4 nitrogen and oxygen atoms in total. The van der Waals surface area contributed by atoms with Crippen LogP contribution in [0.3, 0.4) is 0 Å². The van der Waals surface area contributed by atoms with Crippen molar-refractivity contribution in [3.63, 3.8) is 0 Å². The average Bonchev–Trinajstić information content (AvgIpc) is 3.19. The van der Waals surface area contributed by atoms with Crippen LogP contribution in [-0.4, -0.2) is 19.7 Å². The molecular formula is C28H20N4. The molecule has 3 aromatic heterocycles. The first-order chi connectivity index (χ1) is 15.8. The van der Waals surface area contributed by atoms with E-state index >= 15 is 0 Å². The SMILES string of the molecule is Cc1nn(-c2ccccc2)c2nc(-c3ccccc3)c(-c3ccc4ccccc4n3)cc12. The lowest BCUT2D eigenvalue weighted by molar-refractivity contribution is 0.878.